The Labute approximate surface area is 100 Å². The van der Waals surface area contributed by atoms with Crippen LogP contribution in [0.4, 0.5) is 0 Å². The first-order chi connectivity index (χ1) is 8.31. The van der Waals surface area contributed by atoms with Crippen LogP contribution >= 0.6 is 0 Å². The van der Waals surface area contributed by atoms with E-state index >= 15 is 0 Å². The molecule has 17 heavy (non-hydrogen) atoms. The second-order valence-electron chi connectivity index (χ2n) is 3.94. The molecule has 1 aliphatic heterocycles. The predicted molar refractivity (Wildman–Crippen MR) is 62.3 cm³/mol. The van der Waals surface area contributed by atoms with Crippen molar-refractivity contribution in [3.63, 3.8) is 0 Å². The molecule has 1 aromatic heterocycles. The van der Waals surface area contributed by atoms with Crippen LogP contribution in [-0.2, 0) is 0 Å². The van der Waals surface area contributed by atoms with E-state index in [-0.39, 0.29) is 11.6 Å². The maximum atomic E-state index is 12.2. The average Bonchev–Trinajstić information content (AvgIpc) is 2.67. The van der Waals surface area contributed by atoms with Crippen LogP contribution < -0.4 is 5.32 Å². The Morgan fingerprint density at radius 3 is 3.18 bits per heavy atom. The summed E-state index contributed by atoms with van der Waals surface area (Å²) >= 11 is 0. The minimum absolute atomic E-state index is 0.0207. The van der Waals surface area contributed by atoms with Crippen molar-refractivity contribution in [1.82, 2.24) is 15.2 Å². The first-order valence-corrected chi connectivity index (χ1v) is 5.67. The SMILES string of the molecule is N#Cc1cc(C(=O)N2CCCNCC2)ccn1. The zero-order valence-corrected chi connectivity index (χ0v) is 9.52. The Morgan fingerprint density at radius 1 is 1.47 bits per heavy atom. The number of carbonyl (C=O) groups is 1. The molecule has 0 bridgehead atoms. The summed E-state index contributed by atoms with van der Waals surface area (Å²) in [6.45, 7) is 3.24. The fourth-order valence-electron chi connectivity index (χ4n) is 1.86. The van der Waals surface area contributed by atoms with E-state index < -0.39 is 0 Å². The van der Waals surface area contributed by atoms with Crippen molar-refractivity contribution in [1.29, 1.82) is 5.26 Å². The van der Waals surface area contributed by atoms with E-state index in [0.29, 0.717) is 12.1 Å². The maximum Gasteiger partial charge on any atom is 0.254 e. The van der Waals surface area contributed by atoms with E-state index in [1.165, 1.54) is 6.20 Å². The van der Waals surface area contributed by atoms with E-state index in [1.807, 2.05) is 11.0 Å². The molecule has 1 aromatic rings. The van der Waals surface area contributed by atoms with Gasteiger partial charge in [0.2, 0.25) is 0 Å². The molecule has 1 amide bonds. The van der Waals surface area contributed by atoms with Gasteiger partial charge in [-0.25, -0.2) is 4.98 Å². The predicted octanol–water partition coefficient (Wildman–Crippen LogP) is 0.389. The summed E-state index contributed by atoms with van der Waals surface area (Å²) in [6, 6.07) is 5.14. The molecule has 2 heterocycles. The van der Waals surface area contributed by atoms with Crippen LogP contribution in [0.3, 0.4) is 0 Å². The van der Waals surface area contributed by atoms with Gasteiger partial charge in [-0.15, -0.1) is 0 Å². The number of amides is 1. The summed E-state index contributed by atoms with van der Waals surface area (Å²) < 4.78 is 0. The van der Waals surface area contributed by atoms with Gasteiger partial charge in [-0.2, -0.15) is 5.26 Å². The lowest BCUT2D eigenvalue weighted by Crippen LogP contribution is -2.34. The Hall–Kier alpha value is -1.93. The molecule has 1 aliphatic rings. The number of pyridine rings is 1. The number of nitrogens with one attached hydrogen (secondary N) is 1. The fourth-order valence-corrected chi connectivity index (χ4v) is 1.86. The largest absolute Gasteiger partial charge is 0.337 e. The third-order valence-electron chi connectivity index (χ3n) is 2.75. The molecule has 5 nitrogen and oxygen atoms in total. The minimum atomic E-state index is -0.0207. The van der Waals surface area contributed by atoms with Gasteiger partial charge in [0.05, 0.1) is 0 Å². The van der Waals surface area contributed by atoms with E-state index in [1.54, 1.807) is 12.1 Å². The summed E-state index contributed by atoms with van der Waals surface area (Å²) in [7, 11) is 0. The van der Waals surface area contributed by atoms with Gasteiger partial charge < -0.3 is 10.2 Å². The van der Waals surface area contributed by atoms with E-state index in [4.69, 9.17) is 5.26 Å². The molecule has 0 aliphatic carbocycles. The van der Waals surface area contributed by atoms with Crippen LogP contribution in [0.15, 0.2) is 18.3 Å². The Bertz CT molecular complexity index is 444. The molecule has 1 saturated heterocycles. The maximum absolute atomic E-state index is 12.2. The highest BCUT2D eigenvalue weighted by Crippen LogP contribution is 2.07. The zero-order valence-electron chi connectivity index (χ0n) is 9.52. The molecule has 0 radical (unpaired) electrons. The number of nitriles is 1. The lowest BCUT2D eigenvalue weighted by Gasteiger charge is -2.19. The summed E-state index contributed by atoms with van der Waals surface area (Å²) in [6.07, 6.45) is 2.46. The Balaban J connectivity index is 2.15. The highest BCUT2D eigenvalue weighted by molar-refractivity contribution is 5.94. The van der Waals surface area contributed by atoms with Crippen molar-refractivity contribution in [2.45, 2.75) is 6.42 Å². The smallest absolute Gasteiger partial charge is 0.254 e. The van der Waals surface area contributed by atoms with Crippen molar-refractivity contribution in [2.75, 3.05) is 26.2 Å². The lowest BCUT2D eigenvalue weighted by molar-refractivity contribution is 0.0766. The average molecular weight is 230 g/mol. The second kappa shape index (κ2) is 5.41. The number of nitrogens with zero attached hydrogens (tertiary/aromatic N) is 3. The highest BCUT2D eigenvalue weighted by atomic mass is 16.2. The third kappa shape index (κ3) is 2.80. The normalized spacial score (nSPS) is 16.1. The first kappa shape index (κ1) is 11.6. The molecule has 0 atom stereocenters. The van der Waals surface area contributed by atoms with Crippen molar-refractivity contribution in [3.05, 3.63) is 29.6 Å². The number of carbonyl (C=O) groups excluding carboxylic acids is 1. The molecule has 2 rings (SSSR count). The van der Waals surface area contributed by atoms with Gasteiger partial charge in [-0.05, 0) is 25.1 Å². The van der Waals surface area contributed by atoms with Gasteiger partial charge in [-0.1, -0.05) is 0 Å². The molecule has 1 N–H and O–H groups in total. The quantitative estimate of drug-likeness (QED) is 0.757. The van der Waals surface area contributed by atoms with Crippen molar-refractivity contribution >= 4 is 5.91 Å². The molecule has 0 spiro atoms. The van der Waals surface area contributed by atoms with Crippen molar-refractivity contribution in [2.24, 2.45) is 0 Å². The van der Waals surface area contributed by atoms with Crippen molar-refractivity contribution < 1.29 is 4.79 Å². The van der Waals surface area contributed by atoms with Gasteiger partial charge in [0.15, 0.2) is 0 Å². The van der Waals surface area contributed by atoms with Gasteiger partial charge in [0.25, 0.3) is 5.91 Å². The van der Waals surface area contributed by atoms with Gasteiger partial charge in [0, 0.05) is 31.4 Å². The lowest BCUT2D eigenvalue weighted by atomic mass is 10.2. The molecular formula is C12H14N4O. The number of hydrogen-bond donors (Lipinski definition) is 1. The van der Waals surface area contributed by atoms with Gasteiger partial charge in [0.1, 0.15) is 11.8 Å². The monoisotopic (exact) mass is 230 g/mol. The van der Waals surface area contributed by atoms with Crippen LogP contribution in [0, 0.1) is 11.3 Å². The molecule has 0 aromatic carbocycles. The molecule has 88 valence electrons. The molecule has 5 heteroatoms. The minimum Gasteiger partial charge on any atom is -0.337 e. The summed E-state index contributed by atoms with van der Waals surface area (Å²) in [5.74, 6) is -0.0207. The van der Waals surface area contributed by atoms with E-state index in [0.717, 1.165) is 26.1 Å². The van der Waals surface area contributed by atoms with Crippen LogP contribution in [0.1, 0.15) is 22.5 Å². The highest BCUT2D eigenvalue weighted by Gasteiger charge is 2.17. The molecule has 0 unspecified atom stereocenters. The van der Waals surface area contributed by atoms with Crippen LogP contribution in [-0.4, -0.2) is 42.0 Å². The third-order valence-corrected chi connectivity index (χ3v) is 2.75. The van der Waals surface area contributed by atoms with E-state index in [2.05, 4.69) is 10.3 Å². The summed E-state index contributed by atoms with van der Waals surface area (Å²) in [5, 5.41) is 12.0. The zero-order chi connectivity index (χ0) is 12.1. The standard InChI is InChI=1S/C12H14N4O/c13-9-11-8-10(2-4-15-11)12(17)16-6-1-3-14-5-7-16/h2,4,8,14H,1,3,5-7H2. The van der Waals surface area contributed by atoms with Crippen LogP contribution in [0.2, 0.25) is 0 Å². The van der Waals surface area contributed by atoms with Gasteiger partial charge >= 0.3 is 0 Å². The van der Waals surface area contributed by atoms with Crippen LogP contribution in [0.25, 0.3) is 0 Å². The fraction of sp³-hybridized carbons (Fsp3) is 0.417. The molecular weight excluding hydrogens is 216 g/mol. The molecule has 1 fully saturated rings. The summed E-state index contributed by atoms with van der Waals surface area (Å²) in [5.41, 5.74) is 0.822. The molecule has 0 saturated carbocycles. The van der Waals surface area contributed by atoms with Crippen LogP contribution in [0.5, 0.6) is 0 Å². The van der Waals surface area contributed by atoms with Gasteiger partial charge in [-0.3, -0.25) is 4.79 Å². The summed E-state index contributed by atoms with van der Waals surface area (Å²) in [4.78, 5) is 17.9. The Morgan fingerprint density at radius 2 is 2.35 bits per heavy atom. The number of hydrogen-bond acceptors (Lipinski definition) is 4. The van der Waals surface area contributed by atoms with E-state index in [9.17, 15) is 4.79 Å². The van der Waals surface area contributed by atoms with Crippen molar-refractivity contribution in [3.8, 4) is 6.07 Å². The topological polar surface area (TPSA) is 69.0 Å². The number of rotatable bonds is 1. The number of aromatic nitrogens is 1. The first-order valence-electron chi connectivity index (χ1n) is 5.67. The second-order valence-corrected chi connectivity index (χ2v) is 3.94. The Kier molecular flexibility index (Phi) is 3.68.